The molecule has 0 fully saturated rings. The first kappa shape index (κ1) is 6.16. The van der Waals surface area contributed by atoms with Crippen LogP contribution in [0, 0.1) is 0 Å². The van der Waals surface area contributed by atoms with Gasteiger partial charge in [-0.15, -0.1) is 0 Å². The minimum absolute atomic E-state index is 0.278. The molecule has 0 atom stereocenters. The van der Waals surface area contributed by atoms with E-state index in [-0.39, 0.29) is 5.76 Å². The zero-order valence-electron chi connectivity index (χ0n) is 5.70. The van der Waals surface area contributed by atoms with Crippen molar-refractivity contribution in [1.82, 2.24) is 0 Å². The summed E-state index contributed by atoms with van der Waals surface area (Å²) >= 11 is 0. The van der Waals surface area contributed by atoms with Crippen molar-refractivity contribution in [3.05, 3.63) is 36.3 Å². The average Bonchev–Trinajstić information content (AvgIpc) is 2.47. The molecule has 2 rings (SSSR count). The largest absolute Gasteiger partial charge is 0.459 e. The molecule has 0 unspecified atom stereocenters. The van der Waals surface area contributed by atoms with Gasteiger partial charge in [0.05, 0.1) is 6.26 Å². The highest BCUT2D eigenvalue weighted by molar-refractivity contribution is 5.95. The van der Waals surface area contributed by atoms with Gasteiger partial charge in [-0.1, -0.05) is 24.3 Å². The predicted molar refractivity (Wildman–Crippen MR) is 41.0 cm³/mol. The van der Waals surface area contributed by atoms with E-state index < -0.39 is 0 Å². The van der Waals surface area contributed by atoms with Gasteiger partial charge in [-0.2, -0.15) is 0 Å². The maximum Gasteiger partial charge on any atom is 0.272 e. The number of hydrogen-bond acceptors (Lipinski definition) is 2. The summed E-state index contributed by atoms with van der Waals surface area (Å²) in [6, 6.07) is 7.48. The van der Waals surface area contributed by atoms with E-state index in [1.807, 2.05) is 24.3 Å². The highest BCUT2D eigenvalue weighted by Crippen LogP contribution is 2.18. The maximum absolute atomic E-state index is 10.3. The highest BCUT2D eigenvalue weighted by atomic mass is 16.3. The van der Waals surface area contributed by atoms with E-state index in [0.717, 1.165) is 10.8 Å². The van der Waals surface area contributed by atoms with Gasteiger partial charge >= 0.3 is 0 Å². The SMILES string of the molecule is O=[C]c1occ2ccccc12. The molecule has 1 aromatic carbocycles. The number of furan rings is 1. The van der Waals surface area contributed by atoms with E-state index in [1.165, 1.54) is 0 Å². The van der Waals surface area contributed by atoms with Crippen LogP contribution in [0.15, 0.2) is 34.9 Å². The van der Waals surface area contributed by atoms with Crippen molar-refractivity contribution in [2.24, 2.45) is 0 Å². The Hall–Kier alpha value is -1.57. The second-order valence-electron chi connectivity index (χ2n) is 2.25. The second-order valence-corrected chi connectivity index (χ2v) is 2.25. The lowest BCUT2D eigenvalue weighted by Crippen LogP contribution is -1.73. The number of rotatable bonds is 1. The van der Waals surface area contributed by atoms with Gasteiger partial charge in [0.2, 0.25) is 0 Å². The van der Waals surface area contributed by atoms with Gasteiger partial charge in [0.15, 0.2) is 5.76 Å². The first-order valence-corrected chi connectivity index (χ1v) is 3.26. The van der Waals surface area contributed by atoms with Gasteiger partial charge in [-0.25, -0.2) is 0 Å². The number of carbonyl (C=O) groups excluding carboxylic acids is 1. The van der Waals surface area contributed by atoms with Crippen molar-refractivity contribution >= 4 is 17.1 Å². The fourth-order valence-corrected chi connectivity index (χ4v) is 1.07. The zero-order valence-corrected chi connectivity index (χ0v) is 5.70. The third-order valence-electron chi connectivity index (χ3n) is 1.60. The minimum Gasteiger partial charge on any atom is -0.459 e. The van der Waals surface area contributed by atoms with Crippen LogP contribution in [0.5, 0.6) is 0 Å². The van der Waals surface area contributed by atoms with Gasteiger partial charge in [0, 0.05) is 10.8 Å². The van der Waals surface area contributed by atoms with Gasteiger partial charge in [0.25, 0.3) is 6.29 Å². The summed E-state index contributed by atoms with van der Waals surface area (Å²) in [4.78, 5) is 10.3. The maximum atomic E-state index is 10.3. The number of fused-ring (bicyclic) bond motifs is 1. The Morgan fingerprint density at radius 2 is 2.09 bits per heavy atom. The van der Waals surface area contributed by atoms with E-state index in [2.05, 4.69) is 0 Å². The van der Waals surface area contributed by atoms with E-state index >= 15 is 0 Å². The van der Waals surface area contributed by atoms with Crippen molar-refractivity contribution < 1.29 is 9.21 Å². The Bertz CT molecular complexity index is 387. The Morgan fingerprint density at radius 3 is 2.91 bits per heavy atom. The van der Waals surface area contributed by atoms with E-state index in [0.29, 0.717) is 0 Å². The quantitative estimate of drug-likeness (QED) is 0.613. The number of benzene rings is 1. The van der Waals surface area contributed by atoms with Crippen LogP contribution in [0.25, 0.3) is 10.8 Å². The Kier molecular flexibility index (Phi) is 1.25. The van der Waals surface area contributed by atoms with Crippen LogP contribution in [-0.2, 0) is 4.79 Å². The molecule has 2 heteroatoms. The molecule has 2 nitrogen and oxygen atoms in total. The summed E-state index contributed by atoms with van der Waals surface area (Å²) in [5.74, 6) is 0.278. The van der Waals surface area contributed by atoms with Crippen LogP contribution in [0.1, 0.15) is 5.76 Å². The average molecular weight is 145 g/mol. The molecule has 53 valence electrons. The van der Waals surface area contributed by atoms with Crippen molar-refractivity contribution in [1.29, 1.82) is 0 Å². The molecule has 0 saturated heterocycles. The summed E-state index contributed by atoms with van der Waals surface area (Å²) in [6.07, 6.45) is 3.28. The molecule has 11 heavy (non-hydrogen) atoms. The molecule has 0 aliphatic carbocycles. The molecular formula is C9H5O2. The third-order valence-corrected chi connectivity index (χ3v) is 1.60. The molecule has 0 bridgehead atoms. The summed E-state index contributed by atoms with van der Waals surface area (Å²) in [5, 5.41) is 1.76. The fourth-order valence-electron chi connectivity index (χ4n) is 1.07. The lowest BCUT2D eigenvalue weighted by Gasteiger charge is -1.83. The van der Waals surface area contributed by atoms with Gasteiger partial charge in [-0.05, 0) is 0 Å². The minimum atomic E-state index is 0.278. The topological polar surface area (TPSA) is 30.2 Å². The summed E-state index contributed by atoms with van der Waals surface area (Å²) in [6.45, 7) is 0. The molecule has 0 aliphatic heterocycles. The van der Waals surface area contributed by atoms with Gasteiger partial charge < -0.3 is 4.42 Å². The smallest absolute Gasteiger partial charge is 0.272 e. The predicted octanol–water partition coefficient (Wildman–Crippen LogP) is 1.89. The second kappa shape index (κ2) is 2.23. The molecule has 0 N–H and O–H groups in total. The van der Waals surface area contributed by atoms with Crippen molar-refractivity contribution in [2.75, 3.05) is 0 Å². The Balaban J connectivity index is 2.86. The molecule has 0 amide bonds. The van der Waals surface area contributed by atoms with E-state index in [4.69, 9.17) is 4.42 Å². The monoisotopic (exact) mass is 145 g/mol. The van der Waals surface area contributed by atoms with Crippen LogP contribution in [0.3, 0.4) is 0 Å². The van der Waals surface area contributed by atoms with Crippen molar-refractivity contribution in [3.63, 3.8) is 0 Å². The summed E-state index contributed by atoms with van der Waals surface area (Å²) in [5.41, 5.74) is 0. The van der Waals surface area contributed by atoms with Crippen LogP contribution in [0.2, 0.25) is 0 Å². The highest BCUT2D eigenvalue weighted by Gasteiger charge is 2.02. The van der Waals surface area contributed by atoms with Crippen LogP contribution in [0.4, 0.5) is 0 Å². The van der Waals surface area contributed by atoms with E-state index in [1.54, 1.807) is 12.5 Å². The lowest BCUT2D eigenvalue weighted by atomic mass is 10.2. The Labute approximate surface area is 63.4 Å². The molecule has 0 saturated carbocycles. The Morgan fingerprint density at radius 1 is 1.27 bits per heavy atom. The van der Waals surface area contributed by atoms with Crippen LogP contribution >= 0.6 is 0 Å². The first-order chi connectivity index (χ1) is 5.42. The number of hydrogen-bond donors (Lipinski definition) is 0. The van der Waals surface area contributed by atoms with Crippen molar-refractivity contribution in [3.8, 4) is 0 Å². The first-order valence-electron chi connectivity index (χ1n) is 3.26. The normalized spacial score (nSPS) is 10.2. The molecule has 2 aromatic rings. The van der Waals surface area contributed by atoms with Crippen molar-refractivity contribution in [2.45, 2.75) is 0 Å². The van der Waals surface area contributed by atoms with Gasteiger partial charge in [-0.3, -0.25) is 4.79 Å². The zero-order chi connectivity index (χ0) is 7.68. The van der Waals surface area contributed by atoms with E-state index in [9.17, 15) is 4.79 Å². The summed E-state index contributed by atoms with van der Waals surface area (Å²) in [7, 11) is 0. The molecule has 1 radical (unpaired) electrons. The fraction of sp³-hybridized carbons (Fsp3) is 0. The molecule has 0 aliphatic rings. The molecule has 0 spiro atoms. The third kappa shape index (κ3) is 0.835. The molecular weight excluding hydrogens is 140 g/mol. The van der Waals surface area contributed by atoms with Gasteiger partial charge in [0.1, 0.15) is 0 Å². The molecule has 1 aromatic heterocycles. The molecule has 1 heterocycles. The summed E-state index contributed by atoms with van der Waals surface area (Å²) < 4.78 is 4.94. The van der Waals surface area contributed by atoms with Crippen LogP contribution in [-0.4, -0.2) is 6.29 Å². The lowest BCUT2D eigenvalue weighted by molar-refractivity contribution is 0.521. The van der Waals surface area contributed by atoms with Crippen LogP contribution < -0.4 is 0 Å². The standard InChI is InChI=1S/C9H5O2/c10-5-9-8-4-2-1-3-7(8)6-11-9/h1-4,6H.